The largest absolute Gasteiger partial charge is 0.495 e. The van der Waals surface area contributed by atoms with Crippen molar-refractivity contribution in [3.63, 3.8) is 0 Å². The lowest BCUT2D eigenvalue weighted by molar-refractivity contribution is 0.0977. The molecule has 2 aromatic carbocycles. The predicted molar refractivity (Wildman–Crippen MR) is 140 cm³/mol. The van der Waals surface area contributed by atoms with E-state index in [0.717, 1.165) is 25.2 Å². The van der Waals surface area contributed by atoms with E-state index < -0.39 is 0 Å². The minimum atomic E-state index is -0.253. The third-order valence-corrected chi connectivity index (χ3v) is 6.12. The van der Waals surface area contributed by atoms with Gasteiger partial charge in [-0.2, -0.15) is 0 Å². The van der Waals surface area contributed by atoms with Crippen molar-refractivity contribution in [1.82, 2.24) is 15.2 Å². The Hall–Kier alpha value is -3.42. The summed E-state index contributed by atoms with van der Waals surface area (Å²) in [5.41, 5.74) is 3.33. The lowest BCUT2D eigenvalue weighted by atomic mass is 10.1. The van der Waals surface area contributed by atoms with Gasteiger partial charge in [0, 0.05) is 29.5 Å². The number of guanidine groups is 1. The average Bonchev–Trinajstić information content (AvgIpc) is 2.89. The second-order valence-corrected chi connectivity index (χ2v) is 8.91. The normalized spacial score (nSPS) is 14.4. The van der Waals surface area contributed by atoms with Crippen LogP contribution in [-0.4, -0.2) is 41.9 Å². The second-order valence-electron chi connectivity index (χ2n) is 8.48. The standard InChI is InChI=1S/C27H30ClN5O2/c1-35-25-10-9-23(28)17-24(25)31-27(30-18-20-11-13-29-14-12-20)32-26(34)22-7-5-21(6-8-22)19-33-15-3-2-4-16-33/h5-14,17H,2-4,15-16,18-19H2,1H3,(H2,30,31,32,34). The molecule has 2 N–H and O–H groups in total. The fourth-order valence-electron chi connectivity index (χ4n) is 3.99. The first-order valence-corrected chi connectivity index (χ1v) is 12.1. The summed E-state index contributed by atoms with van der Waals surface area (Å²) in [6, 6.07) is 16.7. The third-order valence-electron chi connectivity index (χ3n) is 5.89. The van der Waals surface area contributed by atoms with E-state index in [9.17, 15) is 4.79 Å². The Morgan fingerprint density at radius 3 is 2.49 bits per heavy atom. The fourth-order valence-corrected chi connectivity index (χ4v) is 4.16. The molecule has 0 radical (unpaired) electrons. The van der Waals surface area contributed by atoms with Gasteiger partial charge >= 0.3 is 0 Å². The van der Waals surface area contributed by atoms with Gasteiger partial charge in [0.05, 0.1) is 19.3 Å². The number of carbonyl (C=O) groups excluding carboxylic acids is 1. The van der Waals surface area contributed by atoms with Crippen LogP contribution < -0.4 is 15.4 Å². The number of halogens is 1. The molecule has 4 rings (SSSR count). The monoisotopic (exact) mass is 491 g/mol. The maximum atomic E-state index is 13.1. The highest BCUT2D eigenvalue weighted by atomic mass is 35.5. The molecule has 8 heteroatoms. The third kappa shape index (κ3) is 7.28. The zero-order valence-electron chi connectivity index (χ0n) is 19.8. The van der Waals surface area contributed by atoms with Gasteiger partial charge < -0.3 is 10.1 Å². The number of hydrogen-bond donors (Lipinski definition) is 2. The second kappa shape index (κ2) is 12.3. The fraction of sp³-hybridized carbons (Fsp3) is 0.296. The molecule has 7 nitrogen and oxygen atoms in total. The molecule has 0 spiro atoms. The van der Waals surface area contributed by atoms with Crippen LogP contribution in [0, 0.1) is 0 Å². The van der Waals surface area contributed by atoms with Gasteiger partial charge in [0.1, 0.15) is 5.75 Å². The van der Waals surface area contributed by atoms with Gasteiger partial charge in [-0.1, -0.05) is 30.2 Å². The molecule has 35 heavy (non-hydrogen) atoms. The zero-order valence-corrected chi connectivity index (χ0v) is 20.6. The van der Waals surface area contributed by atoms with E-state index in [1.54, 1.807) is 37.7 Å². The van der Waals surface area contributed by atoms with Crippen LogP contribution in [0.2, 0.25) is 5.02 Å². The topological polar surface area (TPSA) is 78.8 Å². The average molecular weight is 492 g/mol. The summed E-state index contributed by atoms with van der Waals surface area (Å²) in [5.74, 6) is 0.628. The van der Waals surface area contributed by atoms with E-state index in [-0.39, 0.29) is 5.91 Å². The molecule has 1 aliphatic rings. The molecule has 2 heterocycles. The van der Waals surface area contributed by atoms with E-state index >= 15 is 0 Å². The molecule has 182 valence electrons. The van der Waals surface area contributed by atoms with Crippen LogP contribution in [0.15, 0.2) is 72.0 Å². The number of ether oxygens (including phenoxy) is 1. The van der Waals surface area contributed by atoms with Crippen molar-refractivity contribution in [2.75, 3.05) is 25.5 Å². The van der Waals surface area contributed by atoms with Crippen LogP contribution in [0.3, 0.4) is 0 Å². The van der Waals surface area contributed by atoms with E-state index in [4.69, 9.17) is 16.3 Å². The van der Waals surface area contributed by atoms with Gasteiger partial charge in [0.15, 0.2) is 0 Å². The molecular weight excluding hydrogens is 462 g/mol. The van der Waals surface area contributed by atoms with Crippen molar-refractivity contribution in [1.29, 1.82) is 0 Å². The van der Waals surface area contributed by atoms with Crippen molar-refractivity contribution in [3.05, 3.63) is 88.7 Å². The Morgan fingerprint density at radius 1 is 1.03 bits per heavy atom. The summed E-state index contributed by atoms with van der Waals surface area (Å²) >= 11 is 6.18. The Balaban J connectivity index is 1.48. The number of rotatable bonds is 7. The molecule has 0 atom stereocenters. The first-order chi connectivity index (χ1) is 17.1. The Labute approximate surface area is 211 Å². The maximum Gasteiger partial charge on any atom is 0.257 e. The quantitative estimate of drug-likeness (QED) is 0.354. The summed E-state index contributed by atoms with van der Waals surface area (Å²) in [6.45, 7) is 3.55. The first kappa shape index (κ1) is 24.7. The van der Waals surface area contributed by atoms with E-state index in [2.05, 4.69) is 25.5 Å². The number of benzene rings is 2. The molecule has 0 unspecified atom stereocenters. The molecular formula is C27H30ClN5O2. The number of likely N-dealkylation sites (tertiary alicyclic amines) is 1. The van der Waals surface area contributed by atoms with Crippen molar-refractivity contribution < 1.29 is 9.53 Å². The summed E-state index contributed by atoms with van der Waals surface area (Å²) in [7, 11) is 1.58. The van der Waals surface area contributed by atoms with Crippen molar-refractivity contribution >= 4 is 29.2 Å². The number of pyridine rings is 1. The minimum Gasteiger partial charge on any atom is -0.495 e. The predicted octanol–water partition coefficient (Wildman–Crippen LogP) is 5.13. The van der Waals surface area contributed by atoms with Crippen LogP contribution >= 0.6 is 11.6 Å². The van der Waals surface area contributed by atoms with Crippen LogP contribution in [0.1, 0.15) is 40.7 Å². The maximum absolute atomic E-state index is 13.1. The Bertz CT molecular complexity index is 1150. The number of aliphatic imine (C=N–C) groups is 1. The van der Waals surface area contributed by atoms with Gasteiger partial charge in [-0.15, -0.1) is 0 Å². The molecule has 1 fully saturated rings. The van der Waals surface area contributed by atoms with Gasteiger partial charge in [-0.3, -0.25) is 20.0 Å². The molecule has 0 aliphatic carbocycles. The summed E-state index contributed by atoms with van der Waals surface area (Å²) < 4.78 is 5.43. The van der Waals surface area contributed by atoms with Crippen LogP contribution in [0.25, 0.3) is 0 Å². The van der Waals surface area contributed by atoms with E-state index in [0.29, 0.717) is 34.5 Å². The number of methoxy groups -OCH3 is 1. The Morgan fingerprint density at radius 2 is 1.77 bits per heavy atom. The number of nitrogens with zero attached hydrogens (tertiary/aromatic N) is 3. The SMILES string of the molecule is COc1ccc(Cl)cc1NC(=NCc1ccncc1)NC(=O)c1ccc(CN2CCCCC2)cc1. The number of hydrogen-bond acceptors (Lipinski definition) is 5. The number of anilines is 1. The Kier molecular flexibility index (Phi) is 8.70. The zero-order chi connectivity index (χ0) is 24.5. The van der Waals surface area contributed by atoms with Crippen molar-refractivity contribution in [2.45, 2.75) is 32.4 Å². The van der Waals surface area contributed by atoms with Crippen molar-refractivity contribution in [2.24, 2.45) is 4.99 Å². The van der Waals surface area contributed by atoms with E-state index in [1.165, 1.54) is 24.8 Å². The highest BCUT2D eigenvalue weighted by Crippen LogP contribution is 2.27. The molecule has 1 aliphatic heterocycles. The molecule has 3 aromatic rings. The highest BCUT2D eigenvalue weighted by molar-refractivity contribution is 6.31. The van der Waals surface area contributed by atoms with Crippen LogP contribution in [0.5, 0.6) is 5.75 Å². The number of piperidine rings is 1. The van der Waals surface area contributed by atoms with Gasteiger partial charge in [-0.25, -0.2) is 4.99 Å². The van der Waals surface area contributed by atoms with E-state index in [1.807, 2.05) is 36.4 Å². The van der Waals surface area contributed by atoms with Gasteiger partial charge in [0.25, 0.3) is 5.91 Å². The van der Waals surface area contributed by atoms with Gasteiger partial charge in [-0.05, 0) is 79.5 Å². The lowest BCUT2D eigenvalue weighted by Crippen LogP contribution is -2.36. The number of carbonyl (C=O) groups is 1. The van der Waals surface area contributed by atoms with Crippen LogP contribution in [-0.2, 0) is 13.1 Å². The molecule has 1 amide bonds. The van der Waals surface area contributed by atoms with Crippen molar-refractivity contribution in [3.8, 4) is 5.75 Å². The molecule has 1 aromatic heterocycles. The van der Waals surface area contributed by atoms with Crippen LogP contribution in [0.4, 0.5) is 5.69 Å². The molecule has 0 saturated carbocycles. The lowest BCUT2D eigenvalue weighted by Gasteiger charge is -2.26. The summed E-state index contributed by atoms with van der Waals surface area (Å²) in [4.78, 5) is 24.2. The smallest absolute Gasteiger partial charge is 0.257 e. The number of amides is 1. The van der Waals surface area contributed by atoms with Gasteiger partial charge in [0.2, 0.25) is 5.96 Å². The first-order valence-electron chi connectivity index (χ1n) is 11.8. The summed E-state index contributed by atoms with van der Waals surface area (Å²) in [5, 5.41) is 6.60. The summed E-state index contributed by atoms with van der Waals surface area (Å²) in [6.07, 6.45) is 7.25. The minimum absolute atomic E-state index is 0.253. The highest BCUT2D eigenvalue weighted by Gasteiger charge is 2.14. The number of aromatic nitrogens is 1. The number of nitrogens with one attached hydrogen (secondary N) is 2. The molecule has 1 saturated heterocycles. The molecule has 0 bridgehead atoms.